The van der Waals surface area contributed by atoms with Gasteiger partial charge in [0.1, 0.15) is 11.6 Å². The van der Waals surface area contributed by atoms with Crippen LogP contribution in [0.4, 0.5) is 0 Å². The third-order valence-corrected chi connectivity index (χ3v) is 3.63. The summed E-state index contributed by atoms with van der Waals surface area (Å²) in [6.45, 7) is 4.21. The van der Waals surface area contributed by atoms with Crippen molar-refractivity contribution in [2.45, 2.75) is 13.8 Å². The molecule has 3 aromatic rings. The molecule has 0 spiro atoms. The standard InChI is InChI=1S/C16H16N2O/c1-10-4-5-12(8-11(10)2)16-17-14-7-6-13(19)9-15(14)18(16)3/h4-9,19H,1-3H3. The zero-order valence-electron chi connectivity index (χ0n) is 11.3. The maximum absolute atomic E-state index is 9.57. The molecule has 3 heteroatoms. The molecule has 0 saturated heterocycles. The van der Waals surface area contributed by atoms with Crippen molar-refractivity contribution in [1.29, 1.82) is 0 Å². The molecule has 0 fully saturated rings. The zero-order chi connectivity index (χ0) is 13.6. The fraction of sp³-hybridized carbons (Fsp3) is 0.188. The van der Waals surface area contributed by atoms with Crippen LogP contribution in [-0.2, 0) is 7.05 Å². The molecule has 19 heavy (non-hydrogen) atoms. The molecule has 0 aliphatic carbocycles. The Hall–Kier alpha value is -2.29. The summed E-state index contributed by atoms with van der Waals surface area (Å²) < 4.78 is 2.01. The van der Waals surface area contributed by atoms with Gasteiger partial charge in [0.05, 0.1) is 11.0 Å². The lowest BCUT2D eigenvalue weighted by Gasteiger charge is -2.05. The first-order valence-corrected chi connectivity index (χ1v) is 6.29. The van der Waals surface area contributed by atoms with Crippen molar-refractivity contribution in [3.8, 4) is 17.1 Å². The van der Waals surface area contributed by atoms with Crippen LogP contribution >= 0.6 is 0 Å². The van der Waals surface area contributed by atoms with Crippen molar-refractivity contribution in [2.75, 3.05) is 0 Å². The van der Waals surface area contributed by atoms with Crippen molar-refractivity contribution < 1.29 is 5.11 Å². The van der Waals surface area contributed by atoms with Gasteiger partial charge in [-0.2, -0.15) is 0 Å². The van der Waals surface area contributed by atoms with Gasteiger partial charge < -0.3 is 9.67 Å². The molecule has 3 rings (SSSR count). The molecular weight excluding hydrogens is 236 g/mol. The number of benzene rings is 2. The Labute approximate surface area is 112 Å². The molecular formula is C16H16N2O. The lowest BCUT2D eigenvalue weighted by molar-refractivity contribution is 0.476. The van der Waals surface area contributed by atoms with Crippen LogP contribution in [0.15, 0.2) is 36.4 Å². The molecule has 0 aliphatic heterocycles. The first-order valence-electron chi connectivity index (χ1n) is 6.29. The Morgan fingerprint density at radius 1 is 1.00 bits per heavy atom. The van der Waals surface area contributed by atoms with Crippen LogP contribution in [0.3, 0.4) is 0 Å². The maximum atomic E-state index is 9.57. The first kappa shape index (κ1) is 11.8. The van der Waals surface area contributed by atoms with Crippen LogP contribution in [0.1, 0.15) is 11.1 Å². The van der Waals surface area contributed by atoms with E-state index >= 15 is 0 Å². The van der Waals surface area contributed by atoms with Crippen molar-refractivity contribution in [3.63, 3.8) is 0 Å². The van der Waals surface area contributed by atoms with Crippen molar-refractivity contribution in [3.05, 3.63) is 47.5 Å². The van der Waals surface area contributed by atoms with E-state index in [4.69, 9.17) is 0 Å². The highest BCUT2D eigenvalue weighted by Crippen LogP contribution is 2.27. The third kappa shape index (κ3) is 1.87. The van der Waals surface area contributed by atoms with Gasteiger partial charge in [-0.05, 0) is 43.2 Å². The minimum absolute atomic E-state index is 0.266. The summed E-state index contributed by atoms with van der Waals surface area (Å²) in [7, 11) is 1.97. The van der Waals surface area contributed by atoms with E-state index in [1.54, 1.807) is 12.1 Å². The lowest BCUT2D eigenvalue weighted by atomic mass is 10.1. The number of nitrogens with zero attached hydrogens (tertiary/aromatic N) is 2. The lowest BCUT2D eigenvalue weighted by Crippen LogP contribution is -1.93. The largest absolute Gasteiger partial charge is 0.508 e. The van der Waals surface area contributed by atoms with Crippen LogP contribution in [0.25, 0.3) is 22.4 Å². The number of hydrogen-bond donors (Lipinski definition) is 1. The normalized spacial score (nSPS) is 11.1. The summed E-state index contributed by atoms with van der Waals surface area (Å²) >= 11 is 0. The van der Waals surface area contributed by atoms with Gasteiger partial charge in [0.2, 0.25) is 0 Å². The van der Waals surface area contributed by atoms with Gasteiger partial charge in [-0.3, -0.25) is 0 Å². The molecule has 0 amide bonds. The van der Waals surface area contributed by atoms with E-state index < -0.39 is 0 Å². The molecule has 1 heterocycles. The van der Waals surface area contributed by atoms with Crippen LogP contribution in [0, 0.1) is 13.8 Å². The van der Waals surface area contributed by atoms with Crippen LogP contribution < -0.4 is 0 Å². The summed E-state index contributed by atoms with van der Waals surface area (Å²) in [5, 5.41) is 9.57. The highest BCUT2D eigenvalue weighted by Gasteiger charge is 2.10. The fourth-order valence-electron chi connectivity index (χ4n) is 2.32. The average Bonchev–Trinajstić information content (AvgIpc) is 2.70. The first-order chi connectivity index (χ1) is 9.06. The predicted octanol–water partition coefficient (Wildman–Crippen LogP) is 3.56. The van der Waals surface area contributed by atoms with Gasteiger partial charge in [0, 0.05) is 18.7 Å². The Bertz CT molecular complexity index is 772. The Balaban J connectivity index is 2.24. The summed E-state index contributed by atoms with van der Waals surface area (Å²) in [6.07, 6.45) is 0. The summed E-state index contributed by atoms with van der Waals surface area (Å²) in [4.78, 5) is 4.65. The molecule has 96 valence electrons. The Kier molecular flexibility index (Phi) is 2.56. The summed E-state index contributed by atoms with van der Waals surface area (Å²) in [6, 6.07) is 11.6. The second-order valence-corrected chi connectivity index (χ2v) is 4.97. The predicted molar refractivity (Wildman–Crippen MR) is 77.3 cm³/mol. The van der Waals surface area contributed by atoms with Gasteiger partial charge in [0.25, 0.3) is 0 Å². The fourth-order valence-corrected chi connectivity index (χ4v) is 2.32. The van der Waals surface area contributed by atoms with Crippen LogP contribution in [-0.4, -0.2) is 14.7 Å². The number of fused-ring (bicyclic) bond motifs is 1. The number of hydrogen-bond acceptors (Lipinski definition) is 2. The highest BCUT2D eigenvalue weighted by molar-refractivity contribution is 5.81. The Morgan fingerprint density at radius 3 is 2.53 bits per heavy atom. The van der Waals surface area contributed by atoms with E-state index in [0.717, 1.165) is 22.4 Å². The van der Waals surface area contributed by atoms with E-state index in [0.29, 0.717) is 0 Å². The smallest absolute Gasteiger partial charge is 0.140 e. The number of phenols is 1. The number of aryl methyl sites for hydroxylation is 3. The van der Waals surface area contributed by atoms with Crippen molar-refractivity contribution in [1.82, 2.24) is 9.55 Å². The van der Waals surface area contributed by atoms with E-state index in [9.17, 15) is 5.11 Å². The number of imidazole rings is 1. The van der Waals surface area contributed by atoms with E-state index in [1.165, 1.54) is 11.1 Å². The maximum Gasteiger partial charge on any atom is 0.140 e. The Morgan fingerprint density at radius 2 is 1.79 bits per heavy atom. The number of aromatic hydroxyl groups is 1. The topological polar surface area (TPSA) is 38.1 Å². The minimum atomic E-state index is 0.266. The van der Waals surface area contributed by atoms with E-state index in [-0.39, 0.29) is 5.75 Å². The van der Waals surface area contributed by atoms with Gasteiger partial charge >= 0.3 is 0 Å². The molecule has 1 N–H and O–H groups in total. The van der Waals surface area contributed by atoms with Crippen LogP contribution in [0.5, 0.6) is 5.75 Å². The molecule has 2 aromatic carbocycles. The third-order valence-electron chi connectivity index (χ3n) is 3.63. The summed E-state index contributed by atoms with van der Waals surface area (Å²) in [5.41, 5.74) is 5.47. The van der Waals surface area contributed by atoms with Gasteiger partial charge in [-0.1, -0.05) is 12.1 Å². The average molecular weight is 252 g/mol. The second kappa shape index (κ2) is 4.12. The molecule has 0 aliphatic rings. The minimum Gasteiger partial charge on any atom is -0.508 e. The van der Waals surface area contributed by atoms with Gasteiger partial charge in [-0.25, -0.2) is 4.98 Å². The molecule has 0 saturated carbocycles. The van der Waals surface area contributed by atoms with Crippen molar-refractivity contribution >= 4 is 11.0 Å². The second-order valence-electron chi connectivity index (χ2n) is 4.97. The molecule has 0 radical (unpaired) electrons. The highest BCUT2D eigenvalue weighted by atomic mass is 16.3. The monoisotopic (exact) mass is 252 g/mol. The van der Waals surface area contributed by atoms with E-state index in [2.05, 4.69) is 37.0 Å². The number of rotatable bonds is 1. The van der Waals surface area contributed by atoms with E-state index in [1.807, 2.05) is 17.7 Å². The molecule has 3 nitrogen and oxygen atoms in total. The van der Waals surface area contributed by atoms with Gasteiger partial charge in [0.15, 0.2) is 0 Å². The van der Waals surface area contributed by atoms with Crippen LogP contribution in [0.2, 0.25) is 0 Å². The molecule has 0 unspecified atom stereocenters. The quantitative estimate of drug-likeness (QED) is 0.719. The molecule has 0 atom stereocenters. The molecule has 0 bridgehead atoms. The zero-order valence-corrected chi connectivity index (χ0v) is 11.3. The summed E-state index contributed by atoms with van der Waals surface area (Å²) in [5.74, 6) is 1.19. The van der Waals surface area contributed by atoms with Crippen molar-refractivity contribution in [2.24, 2.45) is 7.05 Å². The number of aromatic nitrogens is 2. The van der Waals surface area contributed by atoms with Gasteiger partial charge in [-0.15, -0.1) is 0 Å². The number of phenolic OH excluding ortho intramolecular Hbond substituents is 1. The molecule has 1 aromatic heterocycles. The SMILES string of the molecule is Cc1ccc(-c2nc3ccc(O)cc3n2C)cc1C.